The second kappa shape index (κ2) is 8.88. The zero-order chi connectivity index (χ0) is 22.8. The van der Waals surface area contributed by atoms with Crippen LogP contribution in [-0.4, -0.2) is 35.9 Å². The number of carbonyl (C=O) groups excluding carboxylic acids is 2. The molecule has 1 fully saturated rings. The highest BCUT2D eigenvalue weighted by molar-refractivity contribution is 7.10. The Morgan fingerprint density at radius 3 is 2.44 bits per heavy atom. The third kappa shape index (κ3) is 3.87. The second-order valence-corrected chi connectivity index (χ2v) is 8.45. The normalized spacial score (nSPS) is 17.6. The number of hydrogen-bond acceptors (Lipinski definition) is 6. The van der Waals surface area contributed by atoms with Crippen LogP contribution in [0.5, 0.6) is 11.5 Å². The average molecular weight is 450 g/mol. The quantitative estimate of drug-likeness (QED) is 0.336. The Morgan fingerprint density at radius 1 is 1.03 bits per heavy atom. The SMILES string of the molecule is COc1cccc(CN2C(=O)C(=O)/C(=C(\O)c3ccc(OC)cc3C)C2c2cccs2)c1. The molecular weight excluding hydrogens is 426 g/mol. The number of benzene rings is 2. The Morgan fingerprint density at radius 2 is 1.78 bits per heavy atom. The van der Waals surface area contributed by atoms with Crippen LogP contribution in [0.4, 0.5) is 0 Å². The Labute approximate surface area is 190 Å². The smallest absolute Gasteiger partial charge is 0.295 e. The topological polar surface area (TPSA) is 76.1 Å². The lowest BCUT2D eigenvalue weighted by Gasteiger charge is -2.24. The van der Waals surface area contributed by atoms with Gasteiger partial charge in [0.1, 0.15) is 17.3 Å². The summed E-state index contributed by atoms with van der Waals surface area (Å²) in [7, 11) is 3.14. The number of aliphatic hydroxyl groups excluding tert-OH is 1. The molecule has 2 aromatic carbocycles. The number of carbonyl (C=O) groups is 2. The molecule has 7 heteroatoms. The number of hydrogen-bond donors (Lipinski definition) is 1. The molecule has 0 aliphatic carbocycles. The van der Waals surface area contributed by atoms with E-state index in [1.807, 2.05) is 48.7 Å². The summed E-state index contributed by atoms with van der Waals surface area (Å²) < 4.78 is 10.5. The minimum absolute atomic E-state index is 0.0913. The first-order chi connectivity index (χ1) is 15.4. The fraction of sp³-hybridized carbons (Fsp3) is 0.200. The predicted octanol–water partition coefficient (Wildman–Crippen LogP) is 4.70. The van der Waals surface area contributed by atoms with Gasteiger partial charge in [0.2, 0.25) is 0 Å². The van der Waals surface area contributed by atoms with Gasteiger partial charge in [0.25, 0.3) is 11.7 Å². The fourth-order valence-electron chi connectivity index (χ4n) is 3.93. The highest BCUT2D eigenvalue weighted by Crippen LogP contribution is 2.42. The maximum absolute atomic E-state index is 13.1. The monoisotopic (exact) mass is 449 g/mol. The minimum Gasteiger partial charge on any atom is -0.507 e. The summed E-state index contributed by atoms with van der Waals surface area (Å²) in [5, 5.41) is 13.1. The van der Waals surface area contributed by atoms with Gasteiger partial charge in [0.05, 0.1) is 25.8 Å². The summed E-state index contributed by atoms with van der Waals surface area (Å²) >= 11 is 1.44. The van der Waals surface area contributed by atoms with Crippen LogP contribution < -0.4 is 9.47 Å². The Kier molecular flexibility index (Phi) is 6.01. The van der Waals surface area contributed by atoms with E-state index in [9.17, 15) is 14.7 Å². The van der Waals surface area contributed by atoms with Gasteiger partial charge >= 0.3 is 0 Å². The lowest BCUT2D eigenvalue weighted by atomic mass is 9.97. The van der Waals surface area contributed by atoms with Gasteiger partial charge in [0, 0.05) is 17.0 Å². The molecular formula is C25H23NO5S. The first-order valence-electron chi connectivity index (χ1n) is 10.0. The molecule has 6 nitrogen and oxygen atoms in total. The van der Waals surface area contributed by atoms with Crippen molar-refractivity contribution in [3.8, 4) is 11.5 Å². The molecule has 1 atom stereocenters. The molecule has 164 valence electrons. The molecule has 0 spiro atoms. The number of rotatable bonds is 6. The van der Waals surface area contributed by atoms with Crippen molar-refractivity contribution in [2.24, 2.45) is 0 Å². The van der Waals surface area contributed by atoms with Crippen LogP contribution in [0.1, 0.15) is 27.6 Å². The lowest BCUT2D eigenvalue weighted by Crippen LogP contribution is -2.28. The maximum Gasteiger partial charge on any atom is 0.295 e. The van der Waals surface area contributed by atoms with Crippen LogP contribution in [0.25, 0.3) is 5.76 Å². The van der Waals surface area contributed by atoms with Crippen LogP contribution in [0.2, 0.25) is 0 Å². The third-order valence-electron chi connectivity index (χ3n) is 5.53. The van der Waals surface area contributed by atoms with Crippen molar-refractivity contribution in [1.82, 2.24) is 4.90 Å². The molecule has 1 aromatic heterocycles. The summed E-state index contributed by atoms with van der Waals surface area (Å²) in [5.74, 6) is -0.207. The van der Waals surface area contributed by atoms with E-state index in [4.69, 9.17) is 9.47 Å². The first kappa shape index (κ1) is 21.6. The number of Topliss-reactive ketones (excluding diaryl/α,β-unsaturated/α-hetero) is 1. The fourth-order valence-corrected chi connectivity index (χ4v) is 4.77. The van der Waals surface area contributed by atoms with Gasteiger partial charge in [-0.25, -0.2) is 0 Å². The number of aliphatic hydroxyl groups is 1. The standard InChI is InChI=1S/C25H23NO5S/c1-15-12-18(31-3)9-10-19(15)23(27)21-22(20-8-5-11-32-20)26(25(29)24(21)28)14-16-6-4-7-17(13-16)30-2/h4-13,22,27H,14H2,1-3H3/b23-21-. The van der Waals surface area contributed by atoms with Crippen molar-refractivity contribution in [3.05, 3.63) is 87.1 Å². The van der Waals surface area contributed by atoms with Crippen molar-refractivity contribution in [3.63, 3.8) is 0 Å². The molecule has 1 aliphatic heterocycles. The molecule has 0 radical (unpaired) electrons. The molecule has 1 unspecified atom stereocenters. The van der Waals surface area contributed by atoms with E-state index in [1.54, 1.807) is 32.4 Å². The van der Waals surface area contributed by atoms with Crippen LogP contribution in [0.15, 0.2) is 65.6 Å². The van der Waals surface area contributed by atoms with Gasteiger partial charge in [-0.3, -0.25) is 9.59 Å². The van der Waals surface area contributed by atoms with Crippen molar-refractivity contribution >= 4 is 28.8 Å². The third-order valence-corrected chi connectivity index (χ3v) is 6.45. The van der Waals surface area contributed by atoms with Crippen LogP contribution >= 0.6 is 11.3 Å². The highest BCUT2D eigenvalue weighted by Gasteiger charge is 2.46. The number of ketones is 1. The van der Waals surface area contributed by atoms with E-state index in [-0.39, 0.29) is 17.9 Å². The van der Waals surface area contributed by atoms with Gasteiger partial charge in [-0.05, 0) is 59.8 Å². The molecule has 32 heavy (non-hydrogen) atoms. The van der Waals surface area contributed by atoms with Gasteiger partial charge < -0.3 is 19.5 Å². The van der Waals surface area contributed by atoms with Gasteiger partial charge in [-0.2, -0.15) is 0 Å². The number of nitrogens with zero attached hydrogens (tertiary/aromatic N) is 1. The first-order valence-corrected chi connectivity index (χ1v) is 10.9. The van der Waals surface area contributed by atoms with E-state index >= 15 is 0 Å². The van der Waals surface area contributed by atoms with Crippen molar-refractivity contribution < 1.29 is 24.2 Å². The van der Waals surface area contributed by atoms with Crippen LogP contribution in [-0.2, 0) is 16.1 Å². The molecule has 0 saturated carbocycles. The number of aryl methyl sites for hydroxylation is 1. The molecule has 0 bridgehead atoms. The molecule has 1 amide bonds. The molecule has 1 N–H and O–H groups in total. The average Bonchev–Trinajstić information content (AvgIpc) is 3.41. The van der Waals surface area contributed by atoms with E-state index in [0.29, 0.717) is 17.1 Å². The predicted molar refractivity (Wildman–Crippen MR) is 123 cm³/mol. The highest BCUT2D eigenvalue weighted by atomic mass is 32.1. The summed E-state index contributed by atoms with van der Waals surface area (Å²) in [5.41, 5.74) is 2.15. The summed E-state index contributed by atoms with van der Waals surface area (Å²) in [4.78, 5) is 28.5. The largest absolute Gasteiger partial charge is 0.507 e. The number of thiophene rings is 1. The number of likely N-dealkylation sites (tertiary alicyclic amines) is 1. The van der Waals surface area contributed by atoms with E-state index in [0.717, 1.165) is 16.0 Å². The Bertz CT molecular complexity index is 1200. The van der Waals surface area contributed by atoms with Crippen LogP contribution in [0, 0.1) is 6.92 Å². The molecule has 3 aromatic rings. The van der Waals surface area contributed by atoms with Crippen molar-refractivity contribution in [2.45, 2.75) is 19.5 Å². The van der Waals surface area contributed by atoms with E-state index < -0.39 is 17.7 Å². The van der Waals surface area contributed by atoms with Gasteiger partial charge in [-0.15, -0.1) is 11.3 Å². The zero-order valence-electron chi connectivity index (χ0n) is 18.0. The second-order valence-electron chi connectivity index (χ2n) is 7.47. The maximum atomic E-state index is 13.1. The minimum atomic E-state index is -0.695. The summed E-state index contributed by atoms with van der Waals surface area (Å²) in [6.07, 6.45) is 0. The van der Waals surface area contributed by atoms with Crippen molar-refractivity contribution in [2.75, 3.05) is 14.2 Å². The molecule has 1 saturated heterocycles. The lowest BCUT2D eigenvalue weighted by molar-refractivity contribution is -0.140. The zero-order valence-corrected chi connectivity index (χ0v) is 18.8. The van der Waals surface area contributed by atoms with E-state index in [2.05, 4.69) is 0 Å². The molecule has 4 rings (SSSR count). The van der Waals surface area contributed by atoms with Gasteiger partial charge in [0.15, 0.2) is 0 Å². The summed E-state index contributed by atoms with van der Waals surface area (Å²) in [6, 6.07) is 15.6. The number of ether oxygens (including phenoxy) is 2. The number of amides is 1. The Hall–Kier alpha value is -3.58. The van der Waals surface area contributed by atoms with E-state index in [1.165, 1.54) is 16.2 Å². The van der Waals surface area contributed by atoms with Crippen molar-refractivity contribution in [1.29, 1.82) is 0 Å². The number of methoxy groups -OCH3 is 2. The van der Waals surface area contributed by atoms with Gasteiger partial charge in [-0.1, -0.05) is 18.2 Å². The Balaban J connectivity index is 1.82. The molecule has 2 heterocycles. The summed E-state index contributed by atoms with van der Waals surface area (Å²) in [6.45, 7) is 2.03. The van der Waals surface area contributed by atoms with Crippen LogP contribution in [0.3, 0.4) is 0 Å². The molecule has 1 aliphatic rings.